The molecule has 1 N–H and O–H groups in total. The molecule has 6 heteroatoms. The molecule has 1 saturated heterocycles. The summed E-state index contributed by atoms with van der Waals surface area (Å²) < 4.78 is 10.6. The molecule has 1 aliphatic rings. The maximum Gasteiger partial charge on any atom is 0.259 e. The van der Waals surface area contributed by atoms with Crippen LogP contribution < -0.4 is 0 Å². The Morgan fingerprint density at radius 2 is 2.47 bits per heavy atom. The van der Waals surface area contributed by atoms with E-state index < -0.39 is 0 Å². The number of hydrogen-bond donors (Lipinski definition) is 1. The minimum atomic E-state index is -0.0538. The molecule has 0 aromatic carbocycles. The van der Waals surface area contributed by atoms with E-state index in [1.165, 1.54) is 0 Å². The minimum Gasteiger partial charge on any atom is -0.370 e. The van der Waals surface area contributed by atoms with Gasteiger partial charge in [0.05, 0.1) is 5.56 Å². The fourth-order valence-electron chi connectivity index (χ4n) is 1.85. The standard InChI is InChI=1S/C11H10N4O2/c12-5-8-4-7(6-13-8)11-14-10(15-17-11)9-2-1-3-16-9/h4,6,9,13H,1-3H2. The number of ether oxygens (including phenoxy) is 1. The van der Waals surface area contributed by atoms with E-state index in [0.717, 1.165) is 25.0 Å². The highest BCUT2D eigenvalue weighted by molar-refractivity contribution is 5.54. The molecule has 3 heterocycles. The van der Waals surface area contributed by atoms with Gasteiger partial charge in [-0.3, -0.25) is 0 Å². The average Bonchev–Trinajstić information content (AvgIpc) is 3.09. The van der Waals surface area contributed by atoms with Crippen LogP contribution in [0.25, 0.3) is 11.5 Å². The minimum absolute atomic E-state index is 0.0538. The van der Waals surface area contributed by atoms with Gasteiger partial charge >= 0.3 is 0 Å². The Bertz CT molecular complexity index is 560. The summed E-state index contributed by atoms with van der Waals surface area (Å²) in [6.45, 7) is 0.747. The van der Waals surface area contributed by atoms with Gasteiger partial charge in [-0.05, 0) is 18.9 Å². The van der Waals surface area contributed by atoms with E-state index in [0.29, 0.717) is 17.4 Å². The van der Waals surface area contributed by atoms with E-state index in [9.17, 15) is 0 Å². The van der Waals surface area contributed by atoms with Crippen LogP contribution in [0.5, 0.6) is 0 Å². The molecule has 2 aromatic heterocycles. The molecule has 2 aromatic rings. The first kappa shape index (κ1) is 10.1. The molecule has 6 nitrogen and oxygen atoms in total. The molecule has 1 fully saturated rings. The topological polar surface area (TPSA) is 87.7 Å². The van der Waals surface area contributed by atoms with Crippen LogP contribution >= 0.6 is 0 Å². The van der Waals surface area contributed by atoms with Crippen molar-refractivity contribution in [3.63, 3.8) is 0 Å². The summed E-state index contributed by atoms with van der Waals surface area (Å²) in [6, 6.07) is 3.68. The first-order valence-electron chi connectivity index (χ1n) is 5.41. The predicted molar refractivity (Wildman–Crippen MR) is 56.7 cm³/mol. The number of rotatable bonds is 2. The zero-order valence-corrected chi connectivity index (χ0v) is 9.01. The highest BCUT2D eigenvalue weighted by Crippen LogP contribution is 2.28. The predicted octanol–water partition coefficient (Wildman–Crippen LogP) is 1.79. The number of nitriles is 1. The Labute approximate surface area is 97.2 Å². The second kappa shape index (κ2) is 4.03. The van der Waals surface area contributed by atoms with Crippen molar-refractivity contribution >= 4 is 0 Å². The van der Waals surface area contributed by atoms with Gasteiger partial charge in [0, 0.05) is 12.8 Å². The molecule has 1 atom stereocenters. The fraction of sp³-hybridized carbons (Fsp3) is 0.364. The lowest BCUT2D eigenvalue weighted by molar-refractivity contribution is 0.103. The normalized spacial score (nSPS) is 19.4. The third-order valence-corrected chi connectivity index (χ3v) is 2.71. The Kier molecular flexibility index (Phi) is 2.38. The number of H-pyrrole nitrogens is 1. The molecule has 0 radical (unpaired) electrons. The highest BCUT2D eigenvalue weighted by Gasteiger charge is 2.23. The molecule has 17 heavy (non-hydrogen) atoms. The van der Waals surface area contributed by atoms with Crippen LogP contribution in [-0.4, -0.2) is 21.7 Å². The summed E-state index contributed by atoms with van der Waals surface area (Å²) >= 11 is 0. The summed E-state index contributed by atoms with van der Waals surface area (Å²) in [5.41, 5.74) is 1.19. The van der Waals surface area contributed by atoms with Crippen molar-refractivity contribution in [2.24, 2.45) is 0 Å². The van der Waals surface area contributed by atoms with Gasteiger partial charge in [-0.25, -0.2) is 0 Å². The molecule has 0 spiro atoms. The smallest absolute Gasteiger partial charge is 0.259 e. The van der Waals surface area contributed by atoms with Crippen LogP contribution in [0.4, 0.5) is 0 Å². The molecular weight excluding hydrogens is 220 g/mol. The fourth-order valence-corrected chi connectivity index (χ4v) is 1.85. The average molecular weight is 230 g/mol. The van der Waals surface area contributed by atoms with Gasteiger partial charge in [0.2, 0.25) is 5.82 Å². The van der Waals surface area contributed by atoms with Crippen molar-refractivity contribution in [2.75, 3.05) is 6.61 Å². The van der Waals surface area contributed by atoms with Gasteiger partial charge in [0.15, 0.2) is 0 Å². The lowest BCUT2D eigenvalue weighted by Crippen LogP contribution is -1.97. The van der Waals surface area contributed by atoms with E-state index in [-0.39, 0.29) is 6.10 Å². The lowest BCUT2D eigenvalue weighted by Gasteiger charge is -2.00. The van der Waals surface area contributed by atoms with Gasteiger partial charge in [0.25, 0.3) is 5.89 Å². The van der Waals surface area contributed by atoms with Gasteiger partial charge in [-0.1, -0.05) is 5.16 Å². The molecule has 0 saturated carbocycles. The van der Waals surface area contributed by atoms with Gasteiger partial charge < -0.3 is 14.2 Å². The lowest BCUT2D eigenvalue weighted by atomic mass is 10.2. The number of aromatic amines is 1. The molecular formula is C11H10N4O2. The summed E-state index contributed by atoms with van der Waals surface area (Å²) in [4.78, 5) is 7.09. The Balaban J connectivity index is 1.86. The molecule has 1 aliphatic heterocycles. The Morgan fingerprint density at radius 3 is 3.18 bits per heavy atom. The summed E-state index contributed by atoms with van der Waals surface area (Å²) in [7, 11) is 0. The highest BCUT2D eigenvalue weighted by atomic mass is 16.5. The van der Waals surface area contributed by atoms with Crippen molar-refractivity contribution in [1.82, 2.24) is 15.1 Å². The van der Waals surface area contributed by atoms with E-state index in [1.54, 1.807) is 12.3 Å². The third kappa shape index (κ3) is 1.81. The first-order chi connectivity index (χ1) is 8.36. The maximum atomic E-state index is 8.71. The van der Waals surface area contributed by atoms with E-state index in [2.05, 4.69) is 15.1 Å². The molecule has 0 aliphatic carbocycles. The summed E-state index contributed by atoms with van der Waals surface area (Å²) in [5, 5.41) is 12.6. The van der Waals surface area contributed by atoms with E-state index in [4.69, 9.17) is 14.5 Å². The number of nitrogens with one attached hydrogen (secondary N) is 1. The molecule has 3 rings (SSSR count). The van der Waals surface area contributed by atoms with E-state index >= 15 is 0 Å². The zero-order chi connectivity index (χ0) is 11.7. The molecule has 0 amide bonds. The van der Waals surface area contributed by atoms with Crippen LogP contribution in [0.15, 0.2) is 16.8 Å². The van der Waals surface area contributed by atoms with Crippen molar-refractivity contribution in [3.05, 3.63) is 23.8 Å². The Hall–Kier alpha value is -2.13. The van der Waals surface area contributed by atoms with Crippen molar-refractivity contribution in [1.29, 1.82) is 5.26 Å². The number of aromatic nitrogens is 3. The van der Waals surface area contributed by atoms with Crippen LogP contribution in [0.2, 0.25) is 0 Å². The van der Waals surface area contributed by atoms with Crippen LogP contribution in [0.3, 0.4) is 0 Å². The monoisotopic (exact) mass is 230 g/mol. The molecule has 1 unspecified atom stereocenters. The van der Waals surface area contributed by atoms with Crippen LogP contribution in [0, 0.1) is 11.3 Å². The first-order valence-corrected chi connectivity index (χ1v) is 5.41. The molecule has 86 valence electrons. The third-order valence-electron chi connectivity index (χ3n) is 2.71. The second-order valence-corrected chi connectivity index (χ2v) is 3.87. The largest absolute Gasteiger partial charge is 0.370 e. The second-order valence-electron chi connectivity index (χ2n) is 3.87. The number of nitrogens with zero attached hydrogens (tertiary/aromatic N) is 3. The summed E-state index contributed by atoms with van der Waals surface area (Å²) in [5.74, 6) is 0.991. The van der Waals surface area contributed by atoms with Gasteiger partial charge in [-0.2, -0.15) is 10.2 Å². The van der Waals surface area contributed by atoms with Crippen molar-refractivity contribution in [3.8, 4) is 17.5 Å². The van der Waals surface area contributed by atoms with Crippen LogP contribution in [-0.2, 0) is 4.74 Å². The SMILES string of the molecule is N#Cc1cc(-c2nc(C3CCCO3)no2)c[nH]1. The number of hydrogen-bond acceptors (Lipinski definition) is 5. The van der Waals surface area contributed by atoms with Crippen molar-refractivity contribution in [2.45, 2.75) is 18.9 Å². The van der Waals surface area contributed by atoms with Gasteiger partial charge in [-0.15, -0.1) is 0 Å². The quantitative estimate of drug-likeness (QED) is 0.849. The summed E-state index contributed by atoms with van der Waals surface area (Å²) in [6.07, 6.45) is 3.57. The zero-order valence-electron chi connectivity index (χ0n) is 9.01. The Morgan fingerprint density at radius 1 is 1.53 bits per heavy atom. The molecule has 0 bridgehead atoms. The van der Waals surface area contributed by atoms with Gasteiger partial charge in [0.1, 0.15) is 17.9 Å². The van der Waals surface area contributed by atoms with E-state index in [1.807, 2.05) is 6.07 Å². The van der Waals surface area contributed by atoms with Crippen molar-refractivity contribution < 1.29 is 9.26 Å². The maximum absolute atomic E-state index is 8.71. The van der Waals surface area contributed by atoms with Crippen LogP contribution in [0.1, 0.15) is 30.5 Å².